The van der Waals surface area contributed by atoms with Crippen LogP contribution in [0.25, 0.3) is 0 Å². The molecule has 0 aromatic rings. The van der Waals surface area contributed by atoms with Gasteiger partial charge in [-0.05, 0) is 0 Å². The Morgan fingerprint density at radius 3 is 2.00 bits per heavy atom. The van der Waals surface area contributed by atoms with Crippen molar-refractivity contribution >= 4 is 11.9 Å². The van der Waals surface area contributed by atoms with E-state index >= 15 is 0 Å². The van der Waals surface area contributed by atoms with Gasteiger partial charge in [-0.25, -0.2) is 4.79 Å². The molecule has 0 fully saturated rings. The Bertz CT molecular complexity index is 129. The fourth-order valence-electron chi connectivity index (χ4n) is 0.298. The highest BCUT2D eigenvalue weighted by Crippen LogP contribution is 1.99. The summed E-state index contributed by atoms with van der Waals surface area (Å²) in [4.78, 5) is 19.7. The van der Waals surface area contributed by atoms with Crippen LogP contribution in [0.15, 0.2) is 0 Å². The van der Waals surface area contributed by atoms with Crippen molar-refractivity contribution < 1.29 is 19.8 Å². The Kier molecular flexibility index (Phi) is 2.57. The Morgan fingerprint density at radius 1 is 1.44 bits per heavy atom. The molecule has 2 N–H and O–H groups in total. The zero-order valence-corrected chi connectivity index (χ0v) is 4.70. The van der Waals surface area contributed by atoms with Crippen molar-refractivity contribution in [1.29, 1.82) is 0 Å². The molecule has 0 aliphatic heterocycles. The molecule has 0 bridgehead atoms. The molecule has 0 saturated carbocycles. The molecular formula is C5H7O4+. The predicted molar refractivity (Wildman–Crippen MR) is 28.7 cm³/mol. The molecule has 0 amide bonds. The highest BCUT2D eigenvalue weighted by molar-refractivity contribution is 5.78. The van der Waals surface area contributed by atoms with Gasteiger partial charge < -0.3 is 10.2 Å². The summed E-state index contributed by atoms with van der Waals surface area (Å²) in [6.07, 6.45) is -0.421. The first-order valence-electron chi connectivity index (χ1n) is 2.31. The summed E-state index contributed by atoms with van der Waals surface area (Å²) in [5.74, 6) is -3.36. The van der Waals surface area contributed by atoms with Crippen molar-refractivity contribution in [2.24, 2.45) is 5.92 Å². The monoisotopic (exact) mass is 131 g/mol. The van der Waals surface area contributed by atoms with E-state index in [0.717, 1.165) is 0 Å². The molecule has 0 spiro atoms. The Labute approximate surface area is 52.1 Å². The lowest BCUT2D eigenvalue weighted by molar-refractivity contribution is -0.146. The number of aliphatic carboxylic acids is 2. The molecule has 1 unspecified atom stereocenters. The first-order valence-corrected chi connectivity index (χ1v) is 2.31. The minimum atomic E-state index is -1.18. The lowest BCUT2D eigenvalue weighted by atomic mass is 10.1. The summed E-state index contributed by atoms with van der Waals surface area (Å²) in [6, 6.07) is 0. The van der Waals surface area contributed by atoms with Crippen molar-refractivity contribution in [3.8, 4) is 0 Å². The van der Waals surface area contributed by atoms with Crippen molar-refractivity contribution in [2.45, 2.75) is 6.42 Å². The van der Waals surface area contributed by atoms with Crippen LogP contribution in [0, 0.1) is 12.8 Å². The van der Waals surface area contributed by atoms with Gasteiger partial charge in [0.25, 0.3) is 0 Å². The average Bonchev–Trinajstić information content (AvgIpc) is 1.63. The first kappa shape index (κ1) is 7.81. The van der Waals surface area contributed by atoms with Crippen molar-refractivity contribution in [3.05, 3.63) is 6.92 Å². The fourth-order valence-corrected chi connectivity index (χ4v) is 0.298. The molecular weight excluding hydrogens is 124 g/mol. The molecule has 0 aliphatic rings. The third-order valence-electron chi connectivity index (χ3n) is 0.770. The van der Waals surface area contributed by atoms with Crippen LogP contribution in [0.1, 0.15) is 6.42 Å². The van der Waals surface area contributed by atoms with Gasteiger partial charge in [0.1, 0.15) is 0 Å². The summed E-state index contributed by atoms with van der Waals surface area (Å²) in [5.41, 5.74) is 0. The molecule has 0 aromatic heterocycles. The molecule has 0 heterocycles. The normalized spacial score (nSPS) is 12.4. The van der Waals surface area contributed by atoms with E-state index in [-0.39, 0.29) is 0 Å². The predicted octanol–water partition coefficient (Wildman–Crippen LogP) is -0.00401. The minimum absolute atomic E-state index is 0.421. The maximum absolute atomic E-state index is 9.91. The van der Waals surface area contributed by atoms with E-state index in [1.54, 1.807) is 0 Å². The zero-order chi connectivity index (χ0) is 7.44. The number of carboxylic acids is 2. The van der Waals surface area contributed by atoms with E-state index in [1.807, 2.05) is 0 Å². The van der Waals surface area contributed by atoms with Crippen LogP contribution in [-0.4, -0.2) is 22.2 Å². The quantitative estimate of drug-likeness (QED) is 0.528. The van der Waals surface area contributed by atoms with Crippen LogP contribution < -0.4 is 0 Å². The van der Waals surface area contributed by atoms with Gasteiger partial charge in [-0.1, -0.05) is 0 Å². The maximum Gasteiger partial charge on any atom is 0.352 e. The molecule has 4 nitrogen and oxygen atoms in total. The topological polar surface area (TPSA) is 74.6 Å². The second-order valence-corrected chi connectivity index (χ2v) is 1.63. The van der Waals surface area contributed by atoms with E-state index in [9.17, 15) is 9.59 Å². The van der Waals surface area contributed by atoms with Gasteiger partial charge in [0, 0.05) is 0 Å². The van der Waals surface area contributed by atoms with Gasteiger partial charge in [0.2, 0.25) is 5.92 Å². The standard InChI is InChI=1S/C5H6O4/c1-3(5(8)9)2-4(6)7/h3H,1-2H2,(H-,6,7,8,9)/p+1. The smallest absolute Gasteiger partial charge is 0.352 e. The van der Waals surface area contributed by atoms with Gasteiger partial charge in [-0.3, -0.25) is 4.79 Å². The summed E-state index contributed by atoms with van der Waals surface area (Å²) >= 11 is 0. The third-order valence-corrected chi connectivity index (χ3v) is 0.770. The van der Waals surface area contributed by atoms with E-state index in [1.165, 1.54) is 0 Å². The molecule has 0 rings (SSSR count). The average molecular weight is 131 g/mol. The summed E-state index contributed by atoms with van der Waals surface area (Å²) in [6.45, 7) is 3.10. The van der Waals surface area contributed by atoms with E-state index in [4.69, 9.17) is 10.2 Å². The lowest BCUT2D eigenvalue weighted by Gasteiger charge is -1.92. The highest BCUT2D eigenvalue weighted by atomic mass is 16.4. The summed E-state index contributed by atoms with van der Waals surface area (Å²) in [7, 11) is 0. The van der Waals surface area contributed by atoms with Crippen molar-refractivity contribution in [3.63, 3.8) is 0 Å². The Morgan fingerprint density at radius 2 is 1.89 bits per heavy atom. The summed E-state index contributed by atoms with van der Waals surface area (Å²) in [5, 5.41) is 16.1. The molecule has 4 heteroatoms. The molecule has 50 valence electrons. The number of carboxylic acid groups (broad SMARTS) is 2. The lowest BCUT2D eigenvalue weighted by Crippen LogP contribution is -2.14. The minimum Gasteiger partial charge on any atom is -0.481 e. The van der Waals surface area contributed by atoms with Crippen LogP contribution >= 0.6 is 0 Å². The van der Waals surface area contributed by atoms with Crippen LogP contribution in [0.3, 0.4) is 0 Å². The third kappa shape index (κ3) is 3.40. The molecule has 0 saturated heterocycles. The zero-order valence-electron chi connectivity index (χ0n) is 4.70. The highest BCUT2D eigenvalue weighted by Gasteiger charge is 2.21. The van der Waals surface area contributed by atoms with Gasteiger partial charge >= 0.3 is 11.9 Å². The van der Waals surface area contributed by atoms with Gasteiger partial charge in [-0.15, -0.1) is 0 Å². The van der Waals surface area contributed by atoms with E-state index in [2.05, 4.69) is 6.92 Å². The van der Waals surface area contributed by atoms with Gasteiger partial charge in [0.05, 0.1) is 13.3 Å². The second-order valence-electron chi connectivity index (χ2n) is 1.63. The number of hydrogen-bond donors (Lipinski definition) is 2. The first-order chi connectivity index (χ1) is 4.04. The van der Waals surface area contributed by atoms with E-state index < -0.39 is 24.3 Å². The second kappa shape index (κ2) is 2.96. The molecule has 1 atom stereocenters. The van der Waals surface area contributed by atoms with Crippen molar-refractivity contribution in [1.82, 2.24) is 0 Å². The Hall–Kier alpha value is -1.19. The maximum atomic E-state index is 9.91. The van der Waals surface area contributed by atoms with Gasteiger partial charge in [0.15, 0.2) is 0 Å². The number of carbonyl (C=O) groups is 2. The van der Waals surface area contributed by atoms with Crippen LogP contribution in [0.4, 0.5) is 0 Å². The number of rotatable bonds is 3. The summed E-state index contributed by atoms with van der Waals surface area (Å²) < 4.78 is 0. The molecule has 0 radical (unpaired) electrons. The van der Waals surface area contributed by atoms with Crippen LogP contribution in [-0.2, 0) is 9.59 Å². The van der Waals surface area contributed by atoms with Crippen LogP contribution in [0.2, 0.25) is 0 Å². The largest absolute Gasteiger partial charge is 0.481 e. The molecule has 0 aromatic carbocycles. The van der Waals surface area contributed by atoms with Crippen LogP contribution in [0.5, 0.6) is 0 Å². The van der Waals surface area contributed by atoms with Crippen molar-refractivity contribution in [2.75, 3.05) is 0 Å². The number of hydrogen-bond acceptors (Lipinski definition) is 2. The molecule has 0 aliphatic carbocycles. The Balaban J connectivity index is 3.63. The molecule has 9 heavy (non-hydrogen) atoms. The van der Waals surface area contributed by atoms with Gasteiger partial charge in [-0.2, -0.15) is 0 Å². The van der Waals surface area contributed by atoms with E-state index in [0.29, 0.717) is 0 Å². The SMILES string of the molecule is [CH2+]C(CC(=O)O)C(=O)O. The fraction of sp³-hybridized carbons (Fsp3) is 0.400.